The molecule has 3 rings (SSSR count). The molecule has 3 heterocycles. The molecule has 0 amide bonds. The minimum atomic E-state index is -0.322. The van der Waals surface area contributed by atoms with Gasteiger partial charge in [-0.15, -0.1) is 0 Å². The molecule has 0 saturated carbocycles. The van der Waals surface area contributed by atoms with Crippen LogP contribution in [0.2, 0.25) is 0 Å². The fourth-order valence-corrected chi connectivity index (χ4v) is 2.90. The number of hydrogen-bond acceptors (Lipinski definition) is 7. The Kier molecular flexibility index (Phi) is 3.32. The van der Waals surface area contributed by atoms with Crippen molar-refractivity contribution in [1.29, 1.82) is 0 Å². The zero-order valence-electron chi connectivity index (χ0n) is 9.33. The van der Waals surface area contributed by atoms with E-state index in [1.807, 2.05) is 11.8 Å². The molecule has 2 aliphatic heterocycles. The molecule has 6 nitrogen and oxygen atoms in total. The van der Waals surface area contributed by atoms with Gasteiger partial charge >= 0.3 is 0 Å². The second kappa shape index (κ2) is 4.93. The van der Waals surface area contributed by atoms with E-state index in [-0.39, 0.29) is 18.2 Å². The zero-order chi connectivity index (χ0) is 11.7. The van der Waals surface area contributed by atoms with Gasteiger partial charge < -0.3 is 19.7 Å². The van der Waals surface area contributed by atoms with Crippen molar-refractivity contribution in [3.63, 3.8) is 0 Å². The number of nitrogens with one attached hydrogen (secondary N) is 1. The Balaban J connectivity index is 1.69. The molecule has 2 saturated heterocycles. The normalized spacial score (nSPS) is 34.1. The topological polar surface area (TPSA) is 80.4 Å². The van der Waals surface area contributed by atoms with Crippen molar-refractivity contribution >= 4 is 11.8 Å². The molecule has 3 atom stereocenters. The second-order valence-electron chi connectivity index (χ2n) is 4.28. The second-order valence-corrected chi connectivity index (χ2v) is 5.43. The average molecular weight is 257 g/mol. The fourth-order valence-electron chi connectivity index (χ4n) is 2.06. The molecule has 0 radical (unpaired) electrons. The van der Waals surface area contributed by atoms with Crippen LogP contribution in [0.4, 0.5) is 0 Å². The first-order valence-corrected chi connectivity index (χ1v) is 6.92. The minimum Gasteiger partial charge on any atom is -0.392 e. The monoisotopic (exact) mass is 257 g/mol. The lowest BCUT2D eigenvalue weighted by molar-refractivity contribution is 0.0677. The molecule has 17 heavy (non-hydrogen) atoms. The summed E-state index contributed by atoms with van der Waals surface area (Å²) in [6.45, 7) is 1.32. The van der Waals surface area contributed by atoms with E-state index in [4.69, 9.17) is 9.26 Å². The number of aromatic nitrogens is 2. The van der Waals surface area contributed by atoms with Crippen LogP contribution in [-0.2, 0) is 4.74 Å². The Hall–Kier alpha value is -0.630. The quantitative estimate of drug-likeness (QED) is 0.787. The van der Waals surface area contributed by atoms with Gasteiger partial charge in [-0.1, -0.05) is 5.16 Å². The summed E-state index contributed by atoms with van der Waals surface area (Å²) in [5.41, 5.74) is 0. The molecule has 2 aliphatic rings. The molecule has 7 heteroatoms. The molecule has 0 aromatic carbocycles. The molecule has 3 unspecified atom stereocenters. The Morgan fingerprint density at radius 1 is 1.47 bits per heavy atom. The number of thioether (sulfide) groups is 1. The van der Waals surface area contributed by atoms with Gasteiger partial charge in [-0.2, -0.15) is 16.7 Å². The van der Waals surface area contributed by atoms with E-state index in [1.54, 1.807) is 0 Å². The van der Waals surface area contributed by atoms with Crippen molar-refractivity contribution in [2.75, 3.05) is 24.7 Å². The number of aliphatic hydroxyl groups is 1. The zero-order valence-corrected chi connectivity index (χ0v) is 10.2. The summed E-state index contributed by atoms with van der Waals surface area (Å²) in [6.07, 6.45) is 0.247. The average Bonchev–Trinajstić information content (AvgIpc) is 2.98. The van der Waals surface area contributed by atoms with Crippen molar-refractivity contribution < 1.29 is 14.4 Å². The summed E-state index contributed by atoms with van der Waals surface area (Å²) in [4.78, 5) is 4.36. The van der Waals surface area contributed by atoms with E-state index in [1.165, 1.54) is 0 Å². The summed E-state index contributed by atoms with van der Waals surface area (Å²) in [5, 5.41) is 16.5. The van der Waals surface area contributed by atoms with Crippen molar-refractivity contribution in [3.8, 4) is 0 Å². The van der Waals surface area contributed by atoms with Gasteiger partial charge in [0.15, 0.2) is 0 Å². The highest BCUT2D eigenvalue weighted by atomic mass is 32.2. The number of nitrogens with zero attached hydrogens (tertiary/aromatic N) is 2. The van der Waals surface area contributed by atoms with Crippen LogP contribution in [0, 0.1) is 0 Å². The van der Waals surface area contributed by atoms with E-state index in [0.29, 0.717) is 24.7 Å². The van der Waals surface area contributed by atoms with Crippen LogP contribution in [0.15, 0.2) is 4.52 Å². The van der Waals surface area contributed by atoms with E-state index in [0.717, 1.165) is 18.1 Å². The van der Waals surface area contributed by atoms with Crippen LogP contribution in [0.5, 0.6) is 0 Å². The van der Waals surface area contributed by atoms with E-state index in [9.17, 15) is 5.11 Å². The van der Waals surface area contributed by atoms with E-state index < -0.39 is 0 Å². The highest BCUT2D eigenvalue weighted by molar-refractivity contribution is 7.99. The Labute approximate surface area is 103 Å². The van der Waals surface area contributed by atoms with Crippen LogP contribution in [0.1, 0.15) is 30.3 Å². The number of rotatable bonds is 2. The summed E-state index contributed by atoms with van der Waals surface area (Å²) in [7, 11) is 0. The molecular formula is C10H15N3O3S. The van der Waals surface area contributed by atoms with Crippen molar-refractivity contribution in [2.45, 2.75) is 24.7 Å². The van der Waals surface area contributed by atoms with Gasteiger partial charge in [0.25, 0.3) is 0 Å². The molecule has 0 aliphatic carbocycles. The van der Waals surface area contributed by atoms with E-state index >= 15 is 0 Å². The lowest BCUT2D eigenvalue weighted by atomic mass is 10.2. The van der Waals surface area contributed by atoms with Crippen LogP contribution in [0.25, 0.3) is 0 Å². The van der Waals surface area contributed by atoms with Crippen molar-refractivity contribution in [3.05, 3.63) is 11.7 Å². The summed E-state index contributed by atoms with van der Waals surface area (Å²) in [5.74, 6) is 3.07. The largest absolute Gasteiger partial charge is 0.392 e. The van der Waals surface area contributed by atoms with Gasteiger partial charge in [0.05, 0.1) is 18.8 Å². The standard InChI is InChI=1S/C10H15N3O3S/c14-6-3-7(11-4-6)10-12-9(13-16-10)8-5-17-2-1-15-8/h6-8,11,14H,1-5H2. The third kappa shape index (κ3) is 2.47. The molecule has 0 spiro atoms. The lowest BCUT2D eigenvalue weighted by Gasteiger charge is -2.18. The SMILES string of the molecule is OC1CNC(c2nc(C3CSCCO3)no2)C1. The smallest absolute Gasteiger partial charge is 0.243 e. The van der Waals surface area contributed by atoms with Crippen molar-refractivity contribution in [2.24, 2.45) is 0 Å². The van der Waals surface area contributed by atoms with Crippen LogP contribution >= 0.6 is 11.8 Å². The van der Waals surface area contributed by atoms with Gasteiger partial charge in [0.2, 0.25) is 11.7 Å². The summed E-state index contributed by atoms with van der Waals surface area (Å²) < 4.78 is 10.8. The number of hydrogen-bond donors (Lipinski definition) is 2. The molecule has 0 bridgehead atoms. The third-order valence-electron chi connectivity index (χ3n) is 2.97. The summed E-state index contributed by atoms with van der Waals surface area (Å²) in [6, 6.07) is -0.0255. The molecular weight excluding hydrogens is 242 g/mol. The highest BCUT2D eigenvalue weighted by Gasteiger charge is 2.30. The molecule has 1 aromatic rings. The van der Waals surface area contributed by atoms with E-state index in [2.05, 4.69) is 15.5 Å². The minimum absolute atomic E-state index is 0.0255. The molecule has 94 valence electrons. The third-order valence-corrected chi connectivity index (χ3v) is 3.96. The maximum atomic E-state index is 9.44. The number of aliphatic hydroxyl groups excluding tert-OH is 1. The first-order chi connectivity index (χ1) is 8.33. The highest BCUT2D eigenvalue weighted by Crippen LogP contribution is 2.27. The maximum Gasteiger partial charge on any atom is 0.243 e. The fraction of sp³-hybridized carbons (Fsp3) is 0.800. The molecule has 2 N–H and O–H groups in total. The maximum absolute atomic E-state index is 9.44. The number of β-amino-alcohol motifs (C(OH)–C–C–N with tert-alkyl or cyclic N) is 1. The molecule has 1 aromatic heterocycles. The molecule has 2 fully saturated rings. The van der Waals surface area contributed by atoms with Crippen LogP contribution in [0.3, 0.4) is 0 Å². The van der Waals surface area contributed by atoms with Crippen molar-refractivity contribution in [1.82, 2.24) is 15.5 Å². The van der Waals surface area contributed by atoms with Crippen LogP contribution in [-0.4, -0.2) is 46.0 Å². The van der Waals surface area contributed by atoms with Gasteiger partial charge in [-0.05, 0) is 6.42 Å². The van der Waals surface area contributed by atoms with Crippen LogP contribution < -0.4 is 5.32 Å². The lowest BCUT2D eigenvalue weighted by Crippen LogP contribution is -2.17. The first-order valence-electron chi connectivity index (χ1n) is 5.77. The van der Waals surface area contributed by atoms with Gasteiger partial charge in [0.1, 0.15) is 6.10 Å². The predicted molar refractivity (Wildman–Crippen MR) is 61.7 cm³/mol. The first kappa shape index (κ1) is 11.5. The Bertz CT molecular complexity index is 361. The van der Waals surface area contributed by atoms with Gasteiger partial charge in [0, 0.05) is 18.1 Å². The Morgan fingerprint density at radius 3 is 3.12 bits per heavy atom. The number of ether oxygens (including phenoxy) is 1. The predicted octanol–water partition coefficient (Wildman–Crippen LogP) is 0.269. The summed E-state index contributed by atoms with van der Waals surface area (Å²) >= 11 is 1.84. The van der Waals surface area contributed by atoms with Gasteiger partial charge in [-0.25, -0.2) is 0 Å². The Morgan fingerprint density at radius 2 is 2.41 bits per heavy atom. The van der Waals surface area contributed by atoms with Gasteiger partial charge in [-0.3, -0.25) is 0 Å².